The first-order valence-electron chi connectivity index (χ1n) is 7.52. The number of carboxylic acid groups (broad SMARTS) is 2. The van der Waals surface area contributed by atoms with Crippen molar-refractivity contribution in [3.8, 4) is 0 Å². The van der Waals surface area contributed by atoms with Crippen LogP contribution in [0.3, 0.4) is 0 Å². The molecule has 4 N–H and O–H groups in total. The predicted octanol–water partition coefficient (Wildman–Crippen LogP) is 3.02. The van der Waals surface area contributed by atoms with Gasteiger partial charge in [0.1, 0.15) is 0 Å². The van der Waals surface area contributed by atoms with E-state index in [9.17, 15) is 19.8 Å². The first-order valence-corrected chi connectivity index (χ1v) is 7.52. The van der Waals surface area contributed by atoms with Gasteiger partial charge in [0.15, 0.2) is 0 Å². The summed E-state index contributed by atoms with van der Waals surface area (Å²) in [4.78, 5) is 23.3. The summed E-state index contributed by atoms with van der Waals surface area (Å²) in [5.41, 5.74) is 7.30. The Kier molecular flexibility index (Phi) is 4.59. The summed E-state index contributed by atoms with van der Waals surface area (Å²) in [5.74, 6) is -2.14. The van der Waals surface area contributed by atoms with Gasteiger partial charge in [-0.1, -0.05) is 32.1 Å². The van der Waals surface area contributed by atoms with Crippen molar-refractivity contribution in [3.63, 3.8) is 0 Å². The van der Waals surface area contributed by atoms with Crippen molar-refractivity contribution >= 4 is 17.6 Å². The number of aliphatic carboxylic acids is 2. The molecule has 1 aliphatic rings. The number of nitrogen functional groups attached to an aromatic ring is 1. The lowest BCUT2D eigenvalue weighted by molar-refractivity contribution is -0.133. The van der Waals surface area contributed by atoms with Crippen molar-refractivity contribution in [2.45, 2.75) is 33.1 Å². The third-order valence-electron chi connectivity index (χ3n) is 4.42. The Morgan fingerprint density at radius 3 is 2.26 bits per heavy atom. The fourth-order valence-electron chi connectivity index (χ4n) is 2.82. The zero-order chi connectivity index (χ0) is 17.2. The molecule has 0 bridgehead atoms. The largest absolute Gasteiger partial charge is 0.478 e. The normalized spacial score (nSPS) is 21.0. The second-order valence-corrected chi connectivity index (χ2v) is 6.23. The van der Waals surface area contributed by atoms with Crippen LogP contribution in [0.15, 0.2) is 47.1 Å². The summed E-state index contributed by atoms with van der Waals surface area (Å²) in [7, 11) is 0. The highest BCUT2D eigenvalue weighted by Crippen LogP contribution is 2.41. The van der Waals surface area contributed by atoms with Crippen molar-refractivity contribution in [1.82, 2.24) is 0 Å². The van der Waals surface area contributed by atoms with Crippen LogP contribution in [0.25, 0.3) is 0 Å². The van der Waals surface area contributed by atoms with Crippen molar-refractivity contribution in [1.29, 1.82) is 0 Å². The first kappa shape index (κ1) is 16.8. The summed E-state index contributed by atoms with van der Waals surface area (Å²) in [6.45, 7) is 3.82. The topological polar surface area (TPSA) is 101 Å². The molecular weight excluding hydrogens is 294 g/mol. The quantitative estimate of drug-likeness (QED) is 0.725. The maximum absolute atomic E-state index is 11.7. The Hall–Kier alpha value is -2.56. The molecule has 1 unspecified atom stereocenters. The number of allylic oxidation sites excluding steroid dienone is 1. The standard InChI is InChI=1S/C18H21NO4/c1-3-18(2)9-14(16(20)21)13(15(10-18)17(22)23)8-11-4-6-12(19)7-5-11/h4-7,9H,3,8,10,19H2,1-2H3,(H,20,21)(H,22,23). The Bertz CT molecular complexity index is 700. The van der Waals surface area contributed by atoms with Crippen LogP contribution in [0.1, 0.15) is 32.3 Å². The molecule has 0 saturated carbocycles. The molecule has 1 atom stereocenters. The molecule has 1 aromatic carbocycles. The molecule has 23 heavy (non-hydrogen) atoms. The number of rotatable bonds is 5. The first-order chi connectivity index (χ1) is 10.8. The average molecular weight is 315 g/mol. The molecule has 0 heterocycles. The molecule has 0 radical (unpaired) electrons. The van der Waals surface area contributed by atoms with Gasteiger partial charge in [-0.3, -0.25) is 0 Å². The number of hydrogen-bond donors (Lipinski definition) is 3. The van der Waals surface area contributed by atoms with E-state index in [1.54, 1.807) is 30.3 Å². The van der Waals surface area contributed by atoms with E-state index < -0.39 is 17.4 Å². The second-order valence-electron chi connectivity index (χ2n) is 6.23. The van der Waals surface area contributed by atoms with E-state index in [1.807, 2.05) is 13.8 Å². The fraction of sp³-hybridized carbons (Fsp3) is 0.333. The van der Waals surface area contributed by atoms with Gasteiger partial charge in [0.05, 0.1) is 5.57 Å². The van der Waals surface area contributed by atoms with E-state index in [0.717, 1.165) is 5.56 Å². The molecule has 5 nitrogen and oxygen atoms in total. The minimum atomic E-state index is -1.09. The van der Waals surface area contributed by atoms with Gasteiger partial charge in [0.25, 0.3) is 0 Å². The number of anilines is 1. The van der Waals surface area contributed by atoms with Gasteiger partial charge in [-0.15, -0.1) is 0 Å². The number of carbonyl (C=O) groups is 2. The van der Waals surface area contributed by atoms with Gasteiger partial charge >= 0.3 is 11.9 Å². The molecule has 0 saturated heterocycles. The summed E-state index contributed by atoms with van der Waals surface area (Å²) < 4.78 is 0. The molecule has 2 rings (SSSR count). The second kappa shape index (κ2) is 6.28. The molecule has 0 fully saturated rings. The Labute approximate surface area is 135 Å². The van der Waals surface area contributed by atoms with Gasteiger partial charge in [0, 0.05) is 11.3 Å². The molecule has 0 amide bonds. The van der Waals surface area contributed by atoms with Gasteiger partial charge in [-0.05, 0) is 47.9 Å². The average Bonchev–Trinajstić information content (AvgIpc) is 2.50. The van der Waals surface area contributed by atoms with Crippen LogP contribution in [0.2, 0.25) is 0 Å². The van der Waals surface area contributed by atoms with Crippen molar-refractivity contribution in [3.05, 3.63) is 52.6 Å². The van der Waals surface area contributed by atoms with Crippen LogP contribution in [-0.2, 0) is 16.0 Å². The maximum atomic E-state index is 11.7. The number of nitrogens with two attached hydrogens (primary N) is 1. The van der Waals surface area contributed by atoms with E-state index >= 15 is 0 Å². The smallest absolute Gasteiger partial charge is 0.335 e. The lowest BCUT2D eigenvalue weighted by Crippen LogP contribution is -2.26. The minimum absolute atomic E-state index is 0.0924. The van der Waals surface area contributed by atoms with E-state index in [0.29, 0.717) is 24.1 Å². The van der Waals surface area contributed by atoms with Crippen molar-refractivity contribution in [2.75, 3.05) is 5.73 Å². The molecular formula is C18H21NO4. The lowest BCUT2D eigenvalue weighted by Gasteiger charge is -2.31. The molecule has 1 aliphatic carbocycles. The highest BCUT2D eigenvalue weighted by molar-refractivity contribution is 5.98. The highest BCUT2D eigenvalue weighted by Gasteiger charge is 2.34. The van der Waals surface area contributed by atoms with E-state index in [2.05, 4.69) is 0 Å². The molecule has 5 heteroatoms. The van der Waals surface area contributed by atoms with Crippen LogP contribution in [0, 0.1) is 5.41 Å². The fourth-order valence-corrected chi connectivity index (χ4v) is 2.82. The zero-order valence-corrected chi connectivity index (χ0v) is 13.3. The highest BCUT2D eigenvalue weighted by atomic mass is 16.4. The van der Waals surface area contributed by atoms with Gasteiger partial charge < -0.3 is 15.9 Å². The molecule has 0 aromatic heterocycles. The monoisotopic (exact) mass is 315 g/mol. The van der Waals surface area contributed by atoms with Crippen LogP contribution in [-0.4, -0.2) is 22.2 Å². The van der Waals surface area contributed by atoms with Gasteiger partial charge in [0.2, 0.25) is 0 Å². The Morgan fingerprint density at radius 2 is 1.78 bits per heavy atom. The molecule has 0 spiro atoms. The summed E-state index contributed by atoms with van der Waals surface area (Å²) in [6.07, 6.45) is 2.98. The van der Waals surface area contributed by atoms with Crippen LogP contribution < -0.4 is 5.73 Å². The molecule has 122 valence electrons. The molecule has 0 aliphatic heterocycles. The van der Waals surface area contributed by atoms with Crippen molar-refractivity contribution < 1.29 is 19.8 Å². The minimum Gasteiger partial charge on any atom is -0.478 e. The molecule has 1 aromatic rings. The SMILES string of the molecule is CCC1(C)C=C(C(=O)O)C(Cc2ccc(N)cc2)=C(C(=O)O)C1. The van der Waals surface area contributed by atoms with Crippen LogP contribution >= 0.6 is 0 Å². The third kappa shape index (κ3) is 3.62. The van der Waals surface area contributed by atoms with Crippen LogP contribution in [0.5, 0.6) is 0 Å². The zero-order valence-electron chi connectivity index (χ0n) is 13.3. The lowest BCUT2D eigenvalue weighted by atomic mass is 9.72. The van der Waals surface area contributed by atoms with Crippen LogP contribution in [0.4, 0.5) is 5.69 Å². The van der Waals surface area contributed by atoms with Crippen molar-refractivity contribution in [2.24, 2.45) is 5.41 Å². The maximum Gasteiger partial charge on any atom is 0.335 e. The van der Waals surface area contributed by atoms with Gasteiger partial charge in [-0.25, -0.2) is 9.59 Å². The van der Waals surface area contributed by atoms with E-state index in [-0.39, 0.29) is 17.6 Å². The summed E-state index contributed by atoms with van der Waals surface area (Å²) in [5, 5.41) is 19.1. The van der Waals surface area contributed by atoms with E-state index in [4.69, 9.17) is 5.73 Å². The summed E-state index contributed by atoms with van der Waals surface area (Å²) >= 11 is 0. The Morgan fingerprint density at radius 1 is 1.17 bits per heavy atom. The summed E-state index contributed by atoms with van der Waals surface area (Å²) in [6, 6.07) is 7.02. The number of hydrogen-bond acceptors (Lipinski definition) is 3. The van der Waals surface area contributed by atoms with E-state index in [1.165, 1.54) is 0 Å². The van der Waals surface area contributed by atoms with Gasteiger partial charge in [-0.2, -0.15) is 0 Å². The predicted molar refractivity (Wildman–Crippen MR) is 88.0 cm³/mol. The third-order valence-corrected chi connectivity index (χ3v) is 4.42. The Balaban J connectivity index is 2.51. The number of benzene rings is 1. The number of carboxylic acids is 2.